The summed E-state index contributed by atoms with van der Waals surface area (Å²) >= 11 is -0.639. The van der Waals surface area contributed by atoms with Crippen LogP contribution < -0.4 is 47.7 Å². The quantitative estimate of drug-likeness (QED) is 0.126. The van der Waals surface area contributed by atoms with Crippen LogP contribution >= 0.6 is 42.9 Å². The standard InChI is InChI=1S/3C18H15P.2ClH.Ir.H/c3*1-4-10-16(11-5-1)19(17-12-6-2-7-13-17)18-14-8-3-9-15-18;;;;/h3*1-15H;2*1H;;/q;;;;;+2;/p+1. The molecular formula is C54H49Cl2IrP3+3. The fourth-order valence-corrected chi connectivity index (χ4v) is 14.7. The SMILES string of the molecule is [Cl][IrH][Cl].c1ccc([PH+](c2ccccc2)c2ccccc2)cc1.c1ccc([PH+](c2ccccc2)c2ccccc2)cc1.c1ccc([PH+](c2ccccc2)c2ccccc2)cc1. The van der Waals surface area contributed by atoms with Gasteiger partial charge in [-0.05, 0) is 109 Å². The van der Waals surface area contributed by atoms with Gasteiger partial charge in [0.15, 0.2) is 0 Å². The van der Waals surface area contributed by atoms with Crippen molar-refractivity contribution in [3.05, 3.63) is 273 Å². The Hall–Kier alpha value is -4.50. The second kappa shape index (κ2) is 26.0. The zero-order chi connectivity index (χ0) is 41.5. The molecule has 0 nitrogen and oxygen atoms in total. The second-order valence-electron chi connectivity index (χ2n) is 13.5. The number of rotatable bonds is 9. The molecule has 0 aliphatic rings. The molecule has 0 aliphatic carbocycles. The monoisotopic (exact) mass is 1050 g/mol. The maximum atomic E-state index is 4.90. The number of hydrogen-bond donors (Lipinski definition) is 0. The molecule has 300 valence electrons. The number of hydrogen-bond acceptors (Lipinski definition) is 0. The summed E-state index contributed by atoms with van der Waals surface area (Å²) in [6.45, 7) is 0. The summed E-state index contributed by atoms with van der Waals surface area (Å²) < 4.78 is 0. The van der Waals surface area contributed by atoms with E-state index in [0.29, 0.717) is 0 Å². The van der Waals surface area contributed by atoms with Crippen LogP contribution in [0.25, 0.3) is 0 Å². The molecule has 0 atom stereocenters. The van der Waals surface area contributed by atoms with Gasteiger partial charge in [0.05, 0.1) is 23.8 Å². The molecule has 9 rings (SSSR count). The minimum atomic E-state index is -0.877. The summed E-state index contributed by atoms with van der Waals surface area (Å²) in [6.07, 6.45) is 0. The Balaban J connectivity index is 0.000000146. The average Bonchev–Trinajstić information content (AvgIpc) is 3.33. The second-order valence-corrected chi connectivity index (χ2v) is 24.6. The van der Waals surface area contributed by atoms with Gasteiger partial charge in [0, 0.05) is 0 Å². The first-order valence-corrected chi connectivity index (χ1v) is 30.5. The molecule has 0 saturated carbocycles. The molecule has 0 saturated heterocycles. The Kier molecular flexibility index (Phi) is 19.5. The van der Waals surface area contributed by atoms with Crippen molar-refractivity contribution in [2.45, 2.75) is 0 Å². The van der Waals surface area contributed by atoms with Gasteiger partial charge in [0.25, 0.3) is 0 Å². The third-order valence-corrected chi connectivity index (χ3v) is 17.8. The largest absolute Gasteiger partial charge is 0.102 e. The first kappa shape index (κ1) is 45.0. The molecule has 0 bridgehead atoms. The van der Waals surface area contributed by atoms with Gasteiger partial charge in [-0.25, -0.2) is 0 Å². The van der Waals surface area contributed by atoms with Crippen LogP contribution in [-0.2, 0) is 15.7 Å². The molecule has 0 fully saturated rings. The maximum absolute atomic E-state index is 4.90. The van der Waals surface area contributed by atoms with Crippen molar-refractivity contribution in [1.82, 2.24) is 0 Å². The molecule has 6 heteroatoms. The number of benzene rings is 9. The van der Waals surface area contributed by atoms with Gasteiger partial charge in [-0.3, -0.25) is 0 Å². The molecule has 0 N–H and O–H groups in total. The van der Waals surface area contributed by atoms with E-state index in [9.17, 15) is 0 Å². The van der Waals surface area contributed by atoms with E-state index in [1.807, 2.05) is 0 Å². The molecule has 0 radical (unpaired) electrons. The molecule has 60 heavy (non-hydrogen) atoms. The van der Waals surface area contributed by atoms with Crippen molar-refractivity contribution in [1.29, 1.82) is 0 Å². The molecule has 0 heterocycles. The van der Waals surface area contributed by atoms with E-state index in [0.717, 1.165) is 0 Å². The fraction of sp³-hybridized carbons (Fsp3) is 0. The van der Waals surface area contributed by atoms with Crippen molar-refractivity contribution < 1.29 is 15.7 Å². The molecule has 0 aliphatic heterocycles. The zero-order valence-corrected chi connectivity index (χ0v) is 40.1. The Labute approximate surface area is 376 Å². The molecule has 0 aromatic heterocycles. The van der Waals surface area contributed by atoms with E-state index in [-0.39, 0.29) is 0 Å². The summed E-state index contributed by atoms with van der Waals surface area (Å²) in [6, 6.07) is 97.5. The van der Waals surface area contributed by atoms with Crippen LogP contribution in [0, 0.1) is 0 Å². The van der Waals surface area contributed by atoms with Crippen LogP contribution in [0.15, 0.2) is 273 Å². The smallest absolute Gasteiger partial charge is 0.0620 e. The van der Waals surface area contributed by atoms with Crippen LogP contribution in [0.5, 0.6) is 0 Å². The van der Waals surface area contributed by atoms with E-state index in [4.69, 9.17) is 19.2 Å². The molecule has 0 amide bonds. The van der Waals surface area contributed by atoms with Gasteiger partial charge in [0.1, 0.15) is 47.7 Å². The fourth-order valence-electron chi connectivity index (χ4n) is 6.94. The molecular weight excluding hydrogens is 1000 g/mol. The average molecular weight is 1050 g/mol. The van der Waals surface area contributed by atoms with Gasteiger partial charge < -0.3 is 0 Å². The van der Waals surface area contributed by atoms with Crippen LogP contribution in [0.3, 0.4) is 0 Å². The first-order valence-electron chi connectivity index (χ1n) is 19.7. The summed E-state index contributed by atoms with van der Waals surface area (Å²) in [5, 5.41) is 12.9. The van der Waals surface area contributed by atoms with Gasteiger partial charge >= 0.3 is 34.8 Å². The predicted octanol–water partition coefficient (Wildman–Crippen LogP) is 10.6. The maximum Gasteiger partial charge on any atom is 0.102 e. The normalized spacial score (nSPS) is 10.4. The van der Waals surface area contributed by atoms with Crippen molar-refractivity contribution in [3.8, 4) is 0 Å². The van der Waals surface area contributed by atoms with Crippen LogP contribution in [-0.4, -0.2) is 0 Å². The van der Waals surface area contributed by atoms with Crippen LogP contribution in [0.2, 0.25) is 0 Å². The molecule has 9 aromatic carbocycles. The van der Waals surface area contributed by atoms with E-state index >= 15 is 0 Å². The van der Waals surface area contributed by atoms with Gasteiger partial charge in [0.2, 0.25) is 0 Å². The van der Waals surface area contributed by atoms with Crippen molar-refractivity contribution in [2.75, 3.05) is 0 Å². The van der Waals surface area contributed by atoms with E-state index < -0.39 is 39.4 Å². The van der Waals surface area contributed by atoms with Crippen molar-refractivity contribution >= 4 is 90.7 Å². The Morgan fingerprint density at radius 1 is 0.183 bits per heavy atom. The van der Waals surface area contributed by atoms with Gasteiger partial charge in [-0.1, -0.05) is 164 Å². The summed E-state index contributed by atoms with van der Waals surface area (Å²) in [7, 11) is 7.17. The van der Waals surface area contributed by atoms with E-state index in [2.05, 4.69) is 273 Å². The minimum Gasteiger partial charge on any atom is -0.0620 e. The van der Waals surface area contributed by atoms with Crippen LogP contribution in [0.1, 0.15) is 0 Å². The summed E-state index contributed by atoms with van der Waals surface area (Å²) in [4.78, 5) is 0. The van der Waals surface area contributed by atoms with Crippen LogP contribution in [0.4, 0.5) is 0 Å². The third kappa shape index (κ3) is 13.8. The molecule has 9 aromatic rings. The van der Waals surface area contributed by atoms with Gasteiger partial charge in [-0.15, -0.1) is 0 Å². The minimum absolute atomic E-state index is 0.639. The van der Waals surface area contributed by atoms with E-state index in [1.54, 1.807) is 0 Å². The Morgan fingerprint density at radius 3 is 0.350 bits per heavy atom. The first-order chi connectivity index (χ1) is 29.8. The molecule has 0 unspecified atom stereocenters. The third-order valence-electron chi connectivity index (χ3n) is 9.56. The van der Waals surface area contributed by atoms with Gasteiger partial charge in [-0.2, -0.15) is 0 Å². The Bertz CT molecular complexity index is 1890. The summed E-state index contributed by atoms with van der Waals surface area (Å²) in [5.41, 5.74) is 0. The predicted molar refractivity (Wildman–Crippen MR) is 273 cm³/mol. The Morgan fingerprint density at radius 2 is 0.267 bits per heavy atom. The van der Waals surface area contributed by atoms with Crippen molar-refractivity contribution in [2.24, 2.45) is 0 Å². The van der Waals surface area contributed by atoms with E-state index in [1.165, 1.54) is 47.7 Å². The van der Waals surface area contributed by atoms with Crippen molar-refractivity contribution in [3.63, 3.8) is 0 Å². The summed E-state index contributed by atoms with van der Waals surface area (Å²) in [5.74, 6) is 0. The topological polar surface area (TPSA) is 0 Å². The zero-order valence-electron chi connectivity index (χ0n) is 33.1. The number of halogens is 2. The molecule has 0 spiro atoms.